The molecule has 2 N–H and O–H groups in total. The van der Waals surface area contributed by atoms with Gasteiger partial charge in [0.25, 0.3) is 5.91 Å². The summed E-state index contributed by atoms with van der Waals surface area (Å²) < 4.78 is 31.5. The van der Waals surface area contributed by atoms with E-state index >= 15 is 0 Å². The van der Waals surface area contributed by atoms with Crippen LogP contribution in [0.1, 0.15) is 5.56 Å². The molecule has 0 spiro atoms. The number of carbonyl (C=O) groups is 1. The Hall–Kier alpha value is -2.09. The van der Waals surface area contributed by atoms with E-state index in [-0.39, 0.29) is 11.5 Å². The van der Waals surface area contributed by atoms with E-state index in [4.69, 9.17) is 16.3 Å². The van der Waals surface area contributed by atoms with Gasteiger partial charge in [0, 0.05) is 5.69 Å². The van der Waals surface area contributed by atoms with E-state index in [0.29, 0.717) is 22.0 Å². The normalized spacial score (nSPS) is 11.1. The Labute approximate surface area is 145 Å². The summed E-state index contributed by atoms with van der Waals surface area (Å²) in [5.41, 5.74) is 0.942. The van der Waals surface area contributed by atoms with Gasteiger partial charge in [0.2, 0.25) is 10.0 Å². The van der Waals surface area contributed by atoms with Crippen LogP contribution in [0.3, 0.4) is 0 Å². The van der Waals surface area contributed by atoms with Crippen molar-refractivity contribution < 1.29 is 17.9 Å². The average Bonchev–Trinajstić information content (AvgIpc) is 2.55. The second-order valence-electron chi connectivity index (χ2n) is 4.96. The number of hydrogen-bond acceptors (Lipinski definition) is 4. The van der Waals surface area contributed by atoms with E-state index in [1.54, 1.807) is 43.3 Å². The number of aryl methyl sites for hydroxylation is 1. The maximum atomic E-state index is 12.0. The molecule has 0 aromatic heterocycles. The second kappa shape index (κ2) is 7.65. The van der Waals surface area contributed by atoms with Crippen LogP contribution in [-0.2, 0) is 14.8 Å². The minimum absolute atomic E-state index is 0.106. The van der Waals surface area contributed by atoms with Crippen LogP contribution < -0.4 is 14.8 Å². The number of rotatable bonds is 6. The molecule has 0 radical (unpaired) electrons. The number of nitrogens with one attached hydrogen (secondary N) is 2. The monoisotopic (exact) mass is 368 g/mol. The van der Waals surface area contributed by atoms with Crippen LogP contribution in [0.15, 0.2) is 47.4 Å². The van der Waals surface area contributed by atoms with Crippen molar-refractivity contribution in [3.63, 3.8) is 0 Å². The minimum atomic E-state index is -3.60. The van der Waals surface area contributed by atoms with Crippen molar-refractivity contribution in [3.8, 4) is 5.75 Å². The molecule has 128 valence electrons. The molecule has 8 heteroatoms. The lowest BCUT2D eigenvalue weighted by molar-refractivity contribution is -0.118. The zero-order chi connectivity index (χ0) is 17.7. The molecule has 0 heterocycles. The lowest BCUT2D eigenvalue weighted by Crippen LogP contribution is -2.22. The first-order chi connectivity index (χ1) is 11.3. The van der Waals surface area contributed by atoms with Gasteiger partial charge >= 0.3 is 0 Å². The van der Waals surface area contributed by atoms with Crippen LogP contribution in [0.5, 0.6) is 5.75 Å². The Morgan fingerprint density at radius 1 is 1.21 bits per heavy atom. The Morgan fingerprint density at radius 2 is 1.92 bits per heavy atom. The van der Waals surface area contributed by atoms with E-state index in [1.807, 2.05) is 0 Å². The predicted octanol–water partition coefficient (Wildman–Crippen LogP) is 2.57. The van der Waals surface area contributed by atoms with Gasteiger partial charge < -0.3 is 10.1 Å². The van der Waals surface area contributed by atoms with Crippen LogP contribution in [0.4, 0.5) is 5.69 Å². The van der Waals surface area contributed by atoms with Gasteiger partial charge in [0.15, 0.2) is 6.61 Å². The highest BCUT2D eigenvalue weighted by molar-refractivity contribution is 7.89. The fourth-order valence-electron chi connectivity index (χ4n) is 1.98. The number of amides is 1. The van der Waals surface area contributed by atoms with Crippen LogP contribution in [-0.4, -0.2) is 28.0 Å². The fraction of sp³-hybridized carbons (Fsp3) is 0.188. The molecule has 0 saturated carbocycles. The molecule has 6 nitrogen and oxygen atoms in total. The predicted molar refractivity (Wildman–Crippen MR) is 93.0 cm³/mol. The third-order valence-electron chi connectivity index (χ3n) is 3.23. The highest BCUT2D eigenvalue weighted by Crippen LogP contribution is 2.23. The van der Waals surface area contributed by atoms with E-state index in [9.17, 15) is 13.2 Å². The van der Waals surface area contributed by atoms with Crippen molar-refractivity contribution in [2.45, 2.75) is 11.8 Å². The summed E-state index contributed by atoms with van der Waals surface area (Å²) in [6.45, 7) is 1.43. The van der Waals surface area contributed by atoms with Crippen LogP contribution in [0.25, 0.3) is 0 Å². The molecule has 0 fully saturated rings. The Balaban J connectivity index is 2.07. The van der Waals surface area contributed by atoms with E-state index in [1.165, 1.54) is 13.1 Å². The minimum Gasteiger partial charge on any atom is -0.482 e. The number of sulfonamides is 1. The fourth-order valence-corrected chi connectivity index (χ4v) is 3.16. The summed E-state index contributed by atoms with van der Waals surface area (Å²) in [6, 6.07) is 11.4. The lowest BCUT2D eigenvalue weighted by atomic mass is 10.2. The van der Waals surface area contributed by atoms with E-state index in [0.717, 1.165) is 0 Å². The number of ether oxygens (including phenoxy) is 1. The second-order valence-corrected chi connectivity index (χ2v) is 7.22. The highest BCUT2D eigenvalue weighted by Gasteiger charge is 2.16. The van der Waals surface area contributed by atoms with Crippen molar-refractivity contribution in [1.29, 1.82) is 0 Å². The van der Waals surface area contributed by atoms with Gasteiger partial charge in [-0.05, 0) is 43.8 Å². The summed E-state index contributed by atoms with van der Waals surface area (Å²) in [6.07, 6.45) is 0. The summed E-state index contributed by atoms with van der Waals surface area (Å²) in [5, 5.41) is 3.00. The molecule has 0 aliphatic carbocycles. The van der Waals surface area contributed by atoms with E-state index < -0.39 is 15.9 Å². The summed E-state index contributed by atoms with van der Waals surface area (Å²) in [7, 11) is -2.27. The van der Waals surface area contributed by atoms with Gasteiger partial charge in [-0.1, -0.05) is 29.8 Å². The van der Waals surface area contributed by atoms with Crippen LogP contribution in [0.2, 0.25) is 5.02 Å². The Bertz CT molecular complexity index is 853. The molecule has 0 saturated heterocycles. The lowest BCUT2D eigenvalue weighted by Gasteiger charge is -2.11. The molecule has 24 heavy (non-hydrogen) atoms. The molecule has 0 bridgehead atoms. The smallest absolute Gasteiger partial charge is 0.262 e. The summed E-state index contributed by atoms with van der Waals surface area (Å²) in [5.74, 6) is -0.0248. The Kier molecular flexibility index (Phi) is 5.82. The maximum Gasteiger partial charge on any atom is 0.262 e. The molecule has 0 aliphatic heterocycles. The highest BCUT2D eigenvalue weighted by atomic mass is 35.5. The molecule has 2 aromatic carbocycles. The van der Waals surface area contributed by atoms with Gasteiger partial charge in [0.05, 0.1) is 9.92 Å². The first kappa shape index (κ1) is 18.3. The largest absolute Gasteiger partial charge is 0.482 e. The van der Waals surface area contributed by atoms with Crippen molar-refractivity contribution in [3.05, 3.63) is 53.1 Å². The average molecular weight is 369 g/mol. The van der Waals surface area contributed by atoms with Gasteiger partial charge in [-0.25, -0.2) is 13.1 Å². The van der Waals surface area contributed by atoms with Gasteiger partial charge in [0.1, 0.15) is 5.75 Å². The van der Waals surface area contributed by atoms with Crippen molar-refractivity contribution >= 4 is 33.2 Å². The number of halogens is 1. The molecular weight excluding hydrogens is 352 g/mol. The third-order valence-corrected chi connectivity index (χ3v) is 5.09. The first-order valence-corrected chi connectivity index (χ1v) is 8.91. The topological polar surface area (TPSA) is 84.5 Å². The zero-order valence-corrected chi connectivity index (χ0v) is 14.7. The molecular formula is C16H17ClN2O4S. The molecule has 2 aromatic rings. The molecule has 1 amide bonds. The SMILES string of the molecule is CNS(=O)(=O)c1cc(NC(=O)COc2ccccc2Cl)ccc1C. The van der Waals surface area contributed by atoms with Crippen LogP contribution in [0, 0.1) is 6.92 Å². The summed E-state index contributed by atoms with van der Waals surface area (Å²) in [4.78, 5) is 12.1. The van der Waals surface area contributed by atoms with Gasteiger partial charge in [-0.2, -0.15) is 0 Å². The summed E-state index contributed by atoms with van der Waals surface area (Å²) >= 11 is 5.94. The molecule has 0 atom stereocenters. The molecule has 0 unspecified atom stereocenters. The van der Waals surface area contributed by atoms with Crippen molar-refractivity contribution in [2.24, 2.45) is 0 Å². The first-order valence-electron chi connectivity index (χ1n) is 7.05. The zero-order valence-electron chi connectivity index (χ0n) is 13.2. The number of para-hydroxylation sites is 1. The number of anilines is 1. The van der Waals surface area contributed by atoms with Gasteiger partial charge in [-0.3, -0.25) is 4.79 Å². The molecule has 2 rings (SSSR count). The third kappa shape index (κ3) is 4.47. The van der Waals surface area contributed by atoms with Crippen molar-refractivity contribution in [2.75, 3.05) is 19.0 Å². The Morgan fingerprint density at radius 3 is 2.58 bits per heavy atom. The van der Waals surface area contributed by atoms with E-state index in [2.05, 4.69) is 10.0 Å². The number of carbonyl (C=O) groups excluding carboxylic acids is 1. The van der Waals surface area contributed by atoms with Crippen molar-refractivity contribution in [1.82, 2.24) is 4.72 Å². The standard InChI is InChI=1S/C16H17ClN2O4S/c1-11-7-8-12(9-15(11)24(21,22)18-2)19-16(20)10-23-14-6-4-3-5-13(14)17/h3-9,18H,10H2,1-2H3,(H,19,20). The number of benzene rings is 2. The maximum absolute atomic E-state index is 12.0. The van der Waals surface area contributed by atoms with Crippen LogP contribution >= 0.6 is 11.6 Å². The molecule has 0 aliphatic rings. The quantitative estimate of drug-likeness (QED) is 0.820. The van der Waals surface area contributed by atoms with Gasteiger partial charge in [-0.15, -0.1) is 0 Å². The number of hydrogen-bond donors (Lipinski definition) is 2.